The van der Waals surface area contributed by atoms with Gasteiger partial charge in [0, 0.05) is 3.57 Å². The van der Waals surface area contributed by atoms with E-state index in [2.05, 4.69) is 38.5 Å². The number of amides is 3. The van der Waals surface area contributed by atoms with Crippen LogP contribution < -0.4 is 15.8 Å². The van der Waals surface area contributed by atoms with Crippen LogP contribution >= 0.6 is 50.1 Å². The van der Waals surface area contributed by atoms with Crippen LogP contribution in [-0.4, -0.2) is 11.9 Å². The molecule has 0 radical (unpaired) electrons. The van der Waals surface area contributed by atoms with Gasteiger partial charge >= 0.3 is 6.03 Å². The quantitative estimate of drug-likeness (QED) is 0.322. The van der Waals surface area contributed by atoms with E-state index in [-0.39, 0.29) is 5.57 Å². The summed E-state index contributed by atoms with van der Waals surface area (Å²) in [4.78, 5) is 22.5. The van der Waals surface area contributed by atoms with Crippen molar-refractivity contribution in [2.24, 2.45) is 5.73 Å². The number of carbonyl (C=O) groups is 2. The monoisotopic (exact) mass is 559 g/mol. The van der Waals surface area contributed by atoms with Crippen LogP contribution in [0, 0.1) is 14.9 Å². The van der Waals surface area contributed by atoms with Gasteiger partial charge in [-0.15, -0.1) is 0 Å². The molecule has 3 amide bonds. The Bertz CT molecular complexity index is 932. The second-order valence-corrected chi connectivity index (χ2v) is 7.72. The van der Waals surface area contributed by atoms with Gasteiger partial charge in [0.05, 0.1) is 9.50 Å². The van der Waals surface area contributed by atoms with Crippen LogP contribution in [0.15, 0.2) is 46.4 Å². The third-order valence-corrected chi connectivity index (χ3v) is 4.82. The van der Waals surface area contributed by atoms with Crippen molar-refractivity contribution < 1.29 is 14.3 Å². The fraction of sp³-hybridized carbons (Fsp3) is 0.0556. The van der Waals surface area contributed by atoms with E-state index in [1.54, 1.807) is 18.2 Å². The summed E-state index contributed by atoms with van der Waals surface area (Å²) in [5, 5.41) is 11.2. The molecule has 2 rings (SSSR count). The second-order valence-electron chi connectivity index (χ2n) is 5.22. The summed E-state index contributed by atoms with van der Waals surface area (Å²) in [7, 11) is 0. The molecule has 2 aromatic rings. The first-order valence-corrected chi connectivity index (χ1v) is 9.64. The molecule has 0 spiro atoms. The van der Waals surface area contributed by atoms with Crippen LogP contribution in [0.2, 0.25) is 5.02 Å². The highest BCUT2D eigenvalue weighted by Crippen LogP contribution is 2.35. The van der Waals surface area contributed by atoms with E-state index in [4.69, 9.17) is 27.3 Å². The van der Waals surface area contributed by atoms with E-state index >= 15 is 0 Å². The maximum Gasteiger partial charge on any atom is 0.319 e. The Balaban J connectivity index is 2.21. The summed E-state index contributed by atoms with van der Waals surface area (Å²) >= 11 is 11.9. The van der Waals surface area contributed by atoms with Gasteiger partial charge < -0.3 is 10.5 Å². The van der Waals surface area contributed by atoms with Crippen molar-refractivity contribution in [3.63, 3.8) is 0 Å². The smallest absolute Gasteiger partial charge is 0.319 e. The Hall–Kier alpha value is -2.09. The molecular formula is C18H12BrClIN3O3. The minimum Gasteiger partial charge on any atom is -0.486 e. The highest BCUT2D eigenvalue weighted by molar-refractivity contribution is 14.1. The van der Waals surface area contributed by atoms with Crippen LogP contribution in [-0.2, 0) is 11.4 Å². The summed E-state index contributed by atoms with van der Waals surface area (Å²) in [6.07, 6.45) is 1.29. The van der Waals surface area contributed by atoms with Crippen LogP contribution in [0.1, 0.15) is 11.1 Å². The van der Waals surface area contributed by atoms with Crippen molar-refractivity contribution in [3.8, 4) is 11.8 Å². The Morgan fingerprint density at radius 1 is 1.33 bits per heavy atom. The Kier molecular flexibility index (Phi) is 7.65. The Morgan fingerprint density at radius 2 is 2.00 bits per heavy atom. The first kappa shape index (κ1) is 21.2. The molecular weight excluding hydrogens is 548 g/mol. The van der Waals surface area contributed by atoms with Gasteiger partial charge in [-0.3, -0.25) is 10.1 Å². The number of ether oxygens (including phenoxy) is 1. The Labute approximate surface area is 182 Å². The van der Waals surface area contributed by atoms with Crippen molar-refractivity contribution in [2.75, 3.05) is 0 Å². The van der Waals surface area contributed by atoms with E-state index in [0.29, 0.717) is 27.4 Å². The van der Waals surface area contributed by atoms with Crippen molar-refractivity contribution in [3.05, 3.63) is 66.2 Å². The largest absolute Gasteiger partial charge is 0.486 e. The summed E-state index contributed by atoms with van der Waals surface area (Å²) in [6.45, 7) is 0.328. The zero-order valence-corrected chi connectivity index (χ0v) is 18.1. The molecule has 0 aromatic heterocycles. The second kappa shape index (κ2) is 9.73. The molecule has 9 heteroatoms. The minimum atomic E-state index is -1.04. The predicted octanol–water partition coefficient (Wildman–Crippen LogP) is 4.39. The lowest BCUT2D eigenvalue weighted by Gasteiger charge is -2.11. The average molecular weight is 561 g/mol. The first-order valence-electron chi connectivity index (χ1n) is 7.39. The van der Waals surface area contributed by atoms with Crippen LogP contribution in [0.5, 0.6) is 5.75 Å². The highest BCUT2D eigenvalue weighted by Gasteiger charge is 2.13. The number of nitrogens with one attached hydrogen (secondary N) is 1. The standard InChI is InChI=1S/C18H12BrClIN3O3/c19-14-6-11(5-12(8-22)17(25)24-18(23)26)7-15(20)16(14)27-9-10-1-3-13(21)4-2-10/h1-7H,9H2,(H3,23,24,25,26)/b12-5-. The zero-order valence-electron chi connectivity index (χ0n) is 13.6. The Morgan fingerprint density at radius 3 is 2.56 bits per heavy atom. The third-order valence-electron chi connectivity index (χ3n) is 3.23. The van der Waals surface area contributed by atoms with Crippen molar-refractivity contribution in [2.45, 2.75) is 6.61 Å². The molecule has 6 nitrogen and oxygen atoms in total. The molecule has 2 aromatic carbocycles. The normalized spacial score (nSPS) is 10.8. The first-order chi connectivity index (χ1) is 12.8. The average Bonchev–Trinajstić information content (AvgIpc) is 2.59. The molecule has 0 bridgehead atoms. The fourth-order valence-corrected chi connectivity index (χ4v) is 3.38. The maximum absolute atomic E-state index is 11.7. The minimum absolute atomic E-state index is 0.288. The number of nitrogens with zero attached hydrogens (tertiary/aromatic N) is 1. The van der Waals surface area contributed by atoms with Gasteiger partial charge in [0.15, 0.2) is 5.75 Å². The number of primary amides is 1. The summed E-state index contributed by atoms with van der Waals surface area (Å²) in [6, 6.07) is 11.7. The van der Waals surface area contributed by atoms with Crippen LogP contribution in [0.3, 0.4) is 0 Å². The molecule has 0 unspecified atom stereocenters. The lowest BCUT2D eigenvalue weighted by molar-refractivity contribution is -0.115. The molecule has 0 fully saturated rings. The molecule has 138 valence electrons. The van der Waals surface area contributed by atoms with Gasteiger partial charge in [-0.2, -0.15) is 5.26 Å². The molecule has 3 N–H and O–H groups in total. The van der Waals surface area contributed by atoms with E-state index in [1.807, 2.05) is 29.6 Å². The van der Waals surface area contributed by atoms with Gasteiger partial charge in [0.25, 0.3) is 5.91 Å². The summed E-state index contributed by atoms with van der Waals surface area (Å²) in [5.74, 6) is -0.455. The van der Waals surface area contributed by atoms with Gasteiger partial charge in [-0.25, -0.2) is 4.79 Å². The van der Waals surface area contributed by atoms with E-state index < -0.39 is 11.9 Å². The lowest BCUT2D eigenvalue weighted by Crippen LogP contribution is -2.35. The van der Waals surface area contributed by atoms with Crippen molar-refractivity contribution in [1.29, 1.82) is 5.26 Å². The number of nitrogens with two attached hydrogens (primary N) is 1. The van der Waals surface area contributed by atoms with Crippen molar-refractivity contribution in [1.82, 2.24) is 5.32 Å². The molecule has 0 aliphatic carbocycles. The lowest BCUT2D eigenvalue weighted by atomic mass is 10.1. The topological polar surface area (TPSA) is 105 Å². The molecule has 0 aliphatic heterocycles. The fourth-order valence-electron chi connectivity index (χ4n) is 2.03. The molecule has 27 heavy (non-hydrogen) atoms. The zero-order chi connectivity index (χ0) is 20.0. The predicted molar refractivity (Wildman–Crippen MR) is 114 cm³/mol. The van der Waals surface area contributed by atoms with Crippen LogP contribution in [0.25, 0.3) is 6.08 Å². The number of benzene rings is 2. The van der Waals surface area contributed by atoms with Gasteiger partial charge in [0.2, 0.25) is 0 Å². The number of hydrogen-bond acceptors (Lipinski definition) is 4. The third kappa shape index (κ3) is 6.23. The number of hydrogen-bond donors (Lipinski definition) is 2. The molecule has 0 heterocycles. The number of nitriles is 1. The SMILES string of the molecule is N#C/C(=C/c1cc(Cl)c(OCc2ccc(I)cc2)c(Br)c1)C(=O)NC(N)=O. The summed E-state index contributed by atoms with van der Waals surface area (Å²) < 4.78 is 7.45. The number of urea groups is 1. The van der Waals surface area contributed by atoms with Gasteiger partial charge in [-0.05, 0) is 80.0 Å². The van der Waals surface area contributed by atoms with Crippen molar-refractivity contribution >= 4 is 68.1 Å². The van der Waals surface area contributed by atoms with E-state index in [0.717, 1.165) is 9.13 Å². The van der Waals surface area contributed by atoms with Gasteiger partial charge in [0.1, 0.15) is 18.2 Å². The molecule has 0 saturated heterocycles. The molecule has 0 atom stereocenters. The number of halogens is 3. The number of carbonyl (C=O) groups excluding carboxylic acids is 2. The molecule has 0 saturated carbocycles. The maximum atomic E-state index is 11.7. The molecule has 0 aliphatic rings. The van der Waals surface area contributed by atoms with Crippen LogP contribution in [0.4, 0.5) is 4.79 Å². The summed E-state index contributed by atoms with van der Waals surface area (Å²) in [5.41, 5.74) is 6.06. The van der Waals surface area contributed by atoms with Gasteiger partial charge in [-0.1, -0.05) is 23.7 Å². The number of rotatable bonds is 5. The highest BCUT2D eigenvalue weighted by atomic mass is 127. The van der Waals surface area contributed by atoms with E-state index in [1.165, 1.54) is 6.08 Å². The van der Waals surface area contributed by atoms with E-state index in [9.17, 15) is 9.59 Å². The number of imide groups is 1.